The van der Waals surface area contributed by atoms with E-state index in [1.54, 1.807) is 11.3 Å². The summed E-state index contributed by atoms with van der Waals surface area (Å²) in [5.41, 5.74) is 2.84. The molecule has 0 amide bonds. The summed E-state index contributed by atoms with van der Waals surface area (Å²) in [6, 6.07) is 7.87. The first-order valence-electron chi connectivity index (χ1n) is 5.21. The Morgan fingerprint density at radius 1 is 1.29 bits per heavy atom. The summed E-state index contributed by atoms with van der Waals surface area (Å²) in [5, 5.41) is 4.83. The molecule has 0 aliphatic heterocycles. The van der Waals surface area contributed by atoms with Crippen molar-refractivity contribution < 1.29 is 0 Å². The van der Waals surface area contributed by atoms with Gasteiger partial charge in [-0.2, -0.15) is 0 Å². The van der Waals surface area contributed by atoms with Crippen molar-refractivity contribution in [2.75, 3.05) is 0 Å². The first-order valence-corrected chi connectivity index (χ1v) is 6.46. The maximum atomic E-state index is 6.08. The number of benzene rings is 1. The van der Waals surface area contributed by atoms with Crippen LogP contribution >= 0.6 is 22.9 Å². The Morgan fingerprint density at radius 2 is 2.18 bits per heavy atom. The molecule has 1 aromatic carbocycles. The molecule has 4 heteroatoms. The Balaban J connectivity index is 2.20. The van der Waals surface area contributed by atoms with Crippen LogP contribution in [0.25, 0.3) is 22.2 Å². The van der Waals surface area contributed by atoms with E-state index in [0.717, 1.165) is 27.2 Å². The summed E-state index contributed by atoms with van der Waals surface area (Å²) < 4.78 is 0. The second-order valence-electron chi connectivity index (χ2n) is 3.79. The summed E-state index contributed by atoms with van der Waals surface area (Å²) in [5.74, 6) is 0. The molecule has 3 rings (SSSR count). The number of rotatable bonds is 1. The average molecular weight is 261 g/mol. The molecule has 0 bridgehead atoms. The molecule has 17 heavy (non-hydrogen) atoms. The molecule has 0 saturated heterocycles. The first kappa shape index (κ1) is 10.7. The van der Waals surface area contributed by atoms with Gasteiger partial charge in [0.25, 0.3) is 0 Å². The Hall–Kier alpha value is -1.45. The van der Waals surface area contributed by atoms with Crippen LogP contribution in [0.5, 0.6) is 0 Å². The van der Waals surface area contributed by atoms with Gasteiger partial charge in [-0.25, -0.2) is 4.98 Å². The average Bonchev–Trinajstić information content (AvgIpc) is 2.76. The van der Waals surface area contributed by atoms with Crippen molar-refractivity contribution in [3.8, 4) is 11.3 Å². The van der Waals surface area contributed by atoms with E-state index < -0.39 is 0 Å². The smallest absolute Gasteiger partial charge is 0.0901 e. The molecule has 0 spiro atoms. The first-order chi connectivity index (χ1) is 8.24. The lowest BCUT2D eigenvalue weighted by atomic mass is 10.1. The highest BCUT2D eigenvalue weighted by atomic mass is 35.5. The second-order valence-corrected chi connectivity index (χ2v) is 5.26. The van der Waals surface area contributed by atoms with Crippen LogP contribution in [0, 0.1) is 6.92 Å². The van der Waals surface area contributed by atoms with Gasteiger partial charge in [0.05, 0.1) is 21.2 Å². The van der Waals surface area contributed by atoms with Gasteiger partial charge in [-0.05, 0) is 19.1 Å². The highest BCUT2D eigenvalue weighted by Gasteiger charge is 2.05. The normalized spacial score (nSPS) is 10.9. The summed E-state index contributed by atoms with van der Waals surface area (Å²) in [6.45, 7) is 2.00. The zero-order valence-corrected chi connectivity index (χ0v) is 10.7. The lowest BCUT2D eigenvalue weighted by Gasteiger charge is -2.01. The largest absolute Gasteiger partial charge is 0.254 e. The molecule has 2 aromatic heterocycles. The Morgan fingerprint density at radius 3 is 2.94 bits per heavy atom. The highest BCUT2D eigenvalue weighted by molar-refractivity contribution is 7.09. The SMILES string of the molecule is Cc1nc(-c2cnc3c(Cl)cccc3c2)cs1. The van der Waals surface area contributed by atoms with Crippen LogP contribution < -0.4 is 0 Å². The van der Waals surface area contributed by atoms with E-state index in [1.807, 2.05) is 36.7 Å². The second kappa shape index (κ2) is 4.09. The summed E-state index contributed by atoms with van der Waals surface area (Å²) >= 11 is 7.73. The van der Waals surface area contributed by atoms with E-state index >= 15 is 0 Å². The van der Waals surface area contributed by atoms with E-state index in [4.69, 9.17) is 11.6 Å². The van der Waals surface area contributed by atoms with Gasteiger partial charge < -0.3 is 0 Å². The van der Waals surface area contributed by atoms with Crippen molar-refractivity contribution in [1.29, 1.82) is 0 Å². The van der Waals surface area contributed by atoms with Crippen LogP contribution in [0.1, 0.15) is 5.01 Å². The molecule has 2 heterocycles. The zero-order valence-electron chi connectivity index (χ0n) is 9.14. The molecule has 0 saturated carbocycles. The molecule has 0 unspecified atom stereocenters. The fraction of sp³-hybridized carbons (Fsp3) is 0.0769. The van der Waals surface area contributed by atoms with E-state index in [9.17, 15) is 0 Å². The molecule has 0 fully saturated rings. The van der Waals surface area contributed by atoms with Crippen LogP contribution in [0.4, 0.5) is 0 Å². The summed E-state index contributed by atoms with van der Waals surface area (Å²) in [6.07, 6.45) is 1.82. The third kappa shape index (κ3) is 1.92. The minimum atomic E-state index is 0.684. The number of pyridine rings is 1. The molecule has 0 radical (unpaired) electrons. The van der Waals surface area contributed by atoms with Gasteiger partial charge in [0.1, 0.15) is 0 Å². The quantitative estimate of drug-likeness (QED) is 0.651. The van der Waals surface area contributed by atoms with Crippen molar-refractivity contribution in [3.05, 3.63) is 45.9 Å². The number of para-hydroxylation sites is 1. The lowest BCUT2D eigenvalue weighted by Crippen LogP contribution is -1.84. The Kier molecular flexibility index (Phi) is 2.57. The van der Waals surface area contributed by atoms with Gasteiger partial charge in [0.15, 0.2) is 0 Å². The molecule has 2 nitrogen and oxygen atoms in total. The maximum Gasteiger partial charge on any atom is 0.0901 e. The van der Waals surface area contributed by atoms with Crippen LogP contribution in [0.15, 0.2) is 35.8 Å². The minimum Gasteiger partial charge on any atom is -0.254 e. The van der Waals surface area contributed by atoms with Gasteiger partial charge >= 0.3 is 0 Å². The molecular formula is C13H9ClN2S. The predicted octanol–water partition coefficient (Wildman–Crippen LogP) is 4.32. The van der Waals surface area contributed by atoms with Crippen LogP contribution in [0.2, 0.25) is 5.02 Å². The lowest BCUT2D eigenvalue weighted by molar-refractivity contribution is 1.29. The number of nitrogens with zero attached hydrogens (tertiary/aromatic N) is 2. The number of hydrogen-bond donors (Lipinski definition) is 0. The summed E-state index contributed by atoms with van der Waals surface area (Å²) in [7, 11) is 0. The van der Waals surface area contributed by atoms with Crippen molar-refractivity contribution in [1.82, 2.24) is 9.97 Å². The molecule has 0 N–H and O–H groups in total. The van der Waals surface area contributed by atoms with Crippen LogP contribution in [-0.2, 0) is 0 Å². The topological polar surface area (TPSA) is 25.8 Å². The number of aryl methyl sites for hydroxylation is 1. The molecule has 84 valence electrons. The number of thiazole rings is 1. The predicted molar refractivity (Wildman–Crippen MR) is 72.6 cm³/mol. The fourth-order valence-electron chi connectivity index (χ4n) is 1.76. The van der Waals surface area contributed by atoms with E-state index in [2.05, 4.69) is 16.0 Å². The monoisotopic (exact) mass is 260 g/mol. The fourth-order valence-corrected chi connectivity index (χ4v) is 2.61. The van der Waals surface area contributed by atoms with Gasteiger partial charge in [-0.3, -0.25) is 4.98 Å². The molecular weight excluding hydrogens is 252 g/mol. The molecule has 3 aromatic rings. The van der Waals surface area contributed by atoms with Crippen molar-refractivity contribution in [3.63, 3.8) is 0 Å². The molecule has 0 aliphatic carbocycles. The van der Waals surface area contributed by atoms with Gasteiger partial charge in [-0.15, -0.1) is 11.3 Å². The highest BCUT2D eigenvalue weighted by Crippen LogP contribution is 2.27. The Labute approximate surface area is 108 Å². The zero-order chi connectivity index (χ0) is 11.8. The standard InChI is InChI=1S/C13H9ClN2S/c1-8-16-12(7-17-8)10-5-9-3-2-4-11(14)13(9)15-6-10/h2-7H,1H3. The third-order valence-electron chi connectivity index (χ3n) is 2.58. The number of fused-ring (bicyclic) bond motifs is 1. The van der Waals surface area contributed by atoms with Gasteiger partial charge in [0, 0.05) is 22.5 Å². The number of halogens is 1. The van der Waals surface area contributed by atoms with Crippen LogP contribution in [0.3, 0.4) is 0 Å². The van der Waals surface area contributed by atoms with E-state index in [-0.39, 0.29) is 0 Å². The van der Waals surface area contributed by atoms with E-state index in [1.165, 1.54) is 0 Å². The number of aromatic nitrogens is 2. The van der Waals surface area contributed by atoms with Gasteiger partial charge in [-0.1, -0.05) is 23.7 Å². The van der Waals surface area contributed by atoms with E-state index in [0.29, 0.717) is 5.02 Å². The van der Waals surface area contributed by atoms with Gasteiger partial charge in [0.2, 0.25) is 0 Å². The molecule has 0 atom stereocenters. The minimum absolute atomic E-state index is 0.684. The Bertz CT molecular complexity index is 691. The maximum absolute atomic E-state index is 6.08. The summed E-state index contributed by atoms with van der Waals surface area (Å²) in [4.78, 5) is 8.85. The molecule has 0 aliphatic rings. The third-order valence-corrected chi connectivity index (χ3v) is 3.66. The van der Waals surface area contributed by atoms with Crippen molar-refractivity contribution in [2.24, 2.45) is 0 Å². The van der Waals surface area contributed by atoms with Crippen molar-refractivity contribution in [2.45, 2.75) is 6.92 Å². The number of hydrogen-bond acceptors (Lipinski definition) is 3. The van der Waals surface area contributed by atoms with Crippen molar-refractivity contribution >= 4 is 33.8 Å². The van der Waals surface area contributed by atoms with Crippen LogP contribution in [-0.4, -0.2) is 9.97 Å².